The Labute approximate surface area is 110 Å². The van der Waals surface area contributed by atoms with Gasteiger partial charge in [0.25, 0.3) is 0 Å². The zero-order chi connectivity index (χ0) is 14.5. The molecule has 0 aromatic carbocycles. The van der Waals surface area contributed by atoms with E-state index in [1.807, 2.05) is 27.7 Å². The Morgan fingerprint density at radius 1 is 1.17 bits per heavy atom. The van der Waals surface area contributed by atoms with Crippen LogP contribution in [0.4, 0.5) is 0 Å². The van der Waals surface area contributed by atoms with Gasteiger partial charge in [0.1, 0.15) is 0 Å². The van der Waals surface area contributed by atoms with Gasteiger partial charge in [0.15, 0.2) is 0 Å². The van der Waals surface area contributed by atoms with Crippen LogP contribution in [0.25, 0.3) is 0 Å². The normalized spacial score (nSPS) is 13.1. The van der Waals surface area contributed by atoms with Crippen LogP contribution in [-0.4, -0.2) is 54.8 Å². The van der Waals surface area contributed by atoms with Crippen molar-refractivity contribution in [2.75, 3.05) is 27.2 Å². The number of carbonyl (C=O) groups is 2. The van der Waals surface area contributed by atoms with E-state index in [4.69, 9.17) is 5.73 Å². The molecular formula is C13H27N3O2. The number of nitrogens with zero attached hydrogens (tertiary/aromatic N) is 2. The molecule has 0 rings (SSSR count). The number of hydrogen-bond donors (Lipinski definition) is 1. The zero-order valence-electron chi connectivity index (χ0n) is 12.5. The fourth-order valence-electron chi connectivity index (χ4n) is 1.30. The predicted octanol–water partition coefficient (Wildman–Crippen LogP) is 0.687. The minimum atomic E-state index is -0.200. The summed E-state index contributed by atoms with van der Waals surface area (Å²) in [5.41, 5.74) is 5.88. The Kier molecular flexibility index (Phi) is 6.32. The SMILES string of the molecule is CCN(CC(=O)N(C)C)C(=O)CC(N)C(C)(C)C. The molecular weight excluding hydrogens is 230 g/mol. The molecule has 2 N–H and O–H groups in total. The smallest absolute Gasteiger partial charge is 0.241 e. The zero-order valence-corrected chi connectivity index (χ0v) is 12.5. The van der Waals surface area contributed by atoms with Crippen molar-refractivity contribution < 1.29 is 9.59 Å². The minimum absolute atomic E-state index is 0.0601. The Balaban J connectivity index is 4.50. The van der Waals surface area contributed by atoms with Gasteiger partial charge in [-0.05, 0) is 12.3 Å². The van der Waals surface area contributed by atoms with Crippen molar-refractivity contribution in [2.24, 2.45) is 11.1 Å². The standard InChI is InChI=1S/C13H27N3O2/c1-7-16(9-12(18)15(5)6)11(17)8-10(14)13(2,3)4/h10H,7-9,14H2,1-6H3. The highest BCUT2D eigenvalue weighted by Crippen LogP contribution is 2.20. The van der Waals surface area contributed by atoms with Gasteiger partial charge in [-0.3, -0.25) is 9.59 Å². The molecule has 0 aliphatic heterocycles. The maximum Gasteiger partial charge on any atom is 0.241 e. The minimum Gasteiger partial charge on any atom is -0.347 e. The van der Waals surface area contributed by atoms with Crippen molar-refractivity contribution in [1.29, 1.82) is 0 Å². The lowest BCUT2D eigenvalue weighted by Gasteiger charge is -2.29. The van der Waals surface area contributed by atoms with Gasteiger partial charge in [-0.1, -0.05) is 20.8 Å². The van der Waals surface area contributed by atoms with Crippen LogP contribution in [0.15, 0.2) is 0 Å². The van der Waals surface area contributed by atoms with Gasteiger partial charge in [-0.25, -0.2) is 0 Å². The molecule has 0 aromatic rings. The average molecular weight is 257 g/mol. The van der Waals surface area contributed by atoms with Crippen LogP contribution in [0.1, 0.15) is 34.1 Å². The molecule has 106 valence electrons. The monoisotopic (exact) mass is 257 g/mol. The number of nitrogens with two attached hydrogens (primary N) is 1. The van der Waals surface area contributed by atoms with Gasteiger partial charge in [-0.15, -0.1) is 0 Å². The van der Waals surface area contributed by atoms with Gasteiger partial charge in [0.05, 0.1) is 6.54 Å². The van der Waals surface area contributed by atoms with Crippen molar-refractivity contribution in [3.05, 3.63) is 0 Å². The van der Waals surface area contributed by atoms with Gasteiger partial charge < -0.3 is 15.5 Å². The lowest BCUT2D eigenvalue weighted by atomic mass is 9.85. The van der Waals surface area contributed by atoms with Crippen LogP contribution >= 0.6 is 0 Å². The Hall–Kier alpha value is -1.10. The van der Waals surface area contributed by atoms with Crippen molar-refractivity contribution in [2.45, 2.75) is 40.2 Å². The van der Waals surface area contributed by atoms with Gasteiger partial charge in [0, 0.05) is 33.1 Å². The van der Waals surface area contributed by atoms with Crippen LogP contribution in [0, 0.1) is 5.41 Å². The summed E-state index contributed by atoms with van der Waals surface area (Å²) in [5.74, 6) is -0.135. The van der Waals surface area contributed by atoms with E-state index in [0.717, 1.165) is 0 Å². The van der Waals surface area contributed by atoms with E-state index in [2.05, 4.69) is 0 Å². The Bertz CT molecular complexity index is 295. The highest BCUT2D eigenvalue weighted by atomic mass is 16.2. The Morgan fingerprint density at radius 3 is 2.00 bits per heavy atom. The maximum atomic E-state index is 12.1. The molecule has 5 heteroatoms. The first-order valence-corrected chi connectivity index (χ1v) is 6.33. The molecule has 0 fully saturated rings. The second kappa shape index (κ2) is 6.73. The predicted molar refractivity (Wildman–Crippen MR) is 73.0 cm³/mol. The molecule has 1 atom stereocenters. The third-order valence-electron chi connectivity index (χ3n) is 3.07. The lowest BCUT2D eigenvalue weighted by Crippen LogP contribution is -2.44. The maximum absolute atomic E-state index is 12.1. The van der Waals surface area contributed by atoms with Gasteiger partial charge >= 0.3 is 0 Å². The molecule has 0 aromatic heterocycles. The molecule has 0 heterocycles. The quantitative estimate of drug-likeness (QED) is 0.788. The third kappa shape index (κ3) is 5.49. The second-order valence-corrected chi connectivity index (χ2v) is 5.87. The summed E-state index contributed by atoms with van der Waals surface area (Å²) in [4.78, 5) is 26.7. The summed E-state index contributed by atoms with van der Waals surface area (Å²) < 4.78 is 0. The highest BCUT2D eigenvalue weighted by Gasteiger charge is 2.26. The van der Waals surface area contributed by atoms with Crippen molar-refractivity contribution >= 4 is 11.8 Å². The molecule has 18 heavy (non-hydrogen) atoms. The number of amides is 2. The fraction of sp³-hybridized carbons (Fsp3) is 0.846. The first-order chi connectivity index (χ1) is 8.09. The largest absolute Gasteiger partial charge is 0.347 e. The van der Waals surface area contributed by atoms with E-state index in [-0.39, 0.29) is 36.2 Å². The summed E-state index contributed by atoms with van der Waals surface area (Å²) >= 11 is 0. The summed E-state index contributed by atoms with van der Waals surface area (Å²) in [5, 5.41) is 0. The van der Waals surface area contributed by atoms with E-state index in [9.17, 15) is 9.59 Å². The molecule has 0 radical (unpaired) electrons. The lowest BCUT2D eigenvalue weighted by molar-refractivity contribution is -0.139. The van der Waals surface area contributed by atoms with Crippen LogP contribution in [0.3, 0.4) is 0 Å². The molecule has 2 amide bonds. The van der Waals surface area contributed by atoms with Crippen LogP contribution in [0.5, 0.6) is 0 Å². The van der Waals surface area contributed by atoms with Gasteiger partial charge in [-0.2, -0.15) is 0 Å². The molecule has 5 nitrogen and oxygen atoms in total. The van der Waals surface area contributed by atoms with Crippen molar-refractivity contribution in [1.82, 2.24) is 9.80 Å². The van der Waals surface area contributed by atoms with E-state index >= 15 is 0 Å². The van der Waals surface area contributed by atoms with Crippen LogP contribution in [-0.2, 0) is 9.59 Å². The number of likely N-dealkylation sites (N-methyl/N-ethyl adjacent to an activating group) is 2. The molecule has 0 aliphatic carbocycles. The first kappa shape index (κ1) is 16.9. The summed E-state index contributed by atoms with van der Waals surface area (Å²) in [7, 11) is 3.36. The summed E-state index contributed by atoms with van der Waals surface area (Å²) in [6.07, 6.45) is 0.276. The summed E-state index contributed by atoms with van der Waals surface area (Å²) in [6.45, 7) is 8.53. The third-order valence-corrected chi connectivity index (χ3v) is 3.07. The molecule has 0 saturated heterocycles. The second-order valence-electron chi connectivity index (χ2n) is 5.87. The molecule has 0 saturated carbocycles. The highest BCUT2D eigenvalue weighted by molar-refractivity contribution is 5.84. The van der Waals surface area contributed by atoms with E-state index in [1.165, 1.54) is 4.90 Å². The first-order valence-electron chi connectivity index (χ1n) is 6.33. The molecule has 0 aliphatic rings. The van der Waals surface area contributed by atoms with E-state index < -0.39 is 0 Å². The number of hydrogen-bond acceptors (Lipinski definition) is 3. The summed E-state index contributed by atoms with van der Waals surface area (Å²) in [6, 6.07) is -0.200. The molecule has 0 spiro atoms. The van der Waals surface area contributed by atoms with Crippen molar-refractivity contribution in [3.8, 4) is 0 Å². The number of carbonyl (C=O) groups excluding carboxylic acids is 2. The van der Waals surface area contributed by atoms with Crippen LogP contribution < -0.4 is 5.73 Å². The fourth-order valence-corrected chi connectivity index (χ4v) is 1.30. The van der Waals surface area contributed by atoms with Gasteiger partial charge in [0.2, 0.25) is 11.8 Å². The van der Waals surface area contributed by atoms with Crippen molar-refractivity contribution in [3.63, 3.8) is 0 Å². The molecule has 0 bridgehead atoms. The van der Waals surface area contributed by atoms with E-state index in [1.54, 1.807) is 19.0 Å². The van der Waals surface area contributed by atoms with E-state index in [0.29, 0.717) is 6.54 Å². The Morgan fingerprint density at radius 2 is 1.67 bits per heavy atom. The number of rotatable bonds is 5. The topological polar surface area (TPSA) is 66.6 Å². The molecule has 1 unspecified atom stereocenters. The average Bonchev–Trinajstić information content (AvgIpc) is 2.23. The van der Waals surface area contributed by atoms with Crippen LogP contribution in [0.2, 0.25) is 0 Å².